The number of thiazole rings is 1. The number of likely N-dealkylation sites (tertiary alicyclic amines) is 1. The van der Waals surface area contributed by atoms with Gasteiger partial charge in [0.15, 0.2) is 10.9 Å². The highest BCUT2D eigenvalue weighted by molar-refractivity contribution is 8.77. The number of ether oxygens (including phenoxy) is 2. The molecule has 0 radical (unpaired) electrons. The number of para-hydroxylation sites is 2. The van der Waals surface area contributed by atoms with Gasteiger partial charge in [0, 0.05) is 0 Å². The highest BCUT2D eigenvalue weighted by Crippen LogP contribution is 2.45. The van der Waals surface area contributed by atoms with Gasteiger partial charge in [-0.05, 0) is 60.2 Å². The molecule has 18 heteroatoms. The molecule has 2 heterocycles. The number of benzene rings is 3. The largest absolute Gasteiger partial charge is 0.484 e. The summed E-state index contributed by atoms with van der Waals surface area (Å²) in [6.07, 6.45) is 1.08. The number of aromatic nitrogens is 1. The van der Waals surface area contributed by atoms with Crippen LogP contribution in [0.4, 0.5) is 0 Å². The van der Waals surface area contributed by atoms with E-state index >= 15 is 0 Å². The van der Waals surface area contributed by atoms with E-state index in [4.69, 9.17) is 48.5 Å². The Morgan fingerprint density at radius 1 is 1.04 bits per heavy atom. The lowest BCUT2D eigenvalue weighted by Crippen LogP contribution is -2.69. The maximum absolute atomic E-state index is 13.6. The normalized spacial score (nSPS) is 16.7. The fourth-order valence-electron chi connectivity index (χ4n) is 4.29. The molecule has 49 heavy (non-hydrogen) atoms. The Balaban J connectivity index is 1.39. The lowest BCUT2D eigenvalue weighted by atomic mass is 10.1. The van der Waals surface area contributed by atoms with Crippen molar-refractivity contribution in [3.63, 3.8) is 0 Å². The van der Waals surface area contributed by atoms with E-state index in [1.54, 1.807) is 49.4 Å². The minimum atomic E-state index is -4.24. The van der Waals surface area contributed by atoms with E-state index in [9.17, 15) is 22.8 Å². The molecular formula is C31H26Cl3N3O8S4. The third kappa shape index (κ3) is 10.0. The molecule has 5 rings (SSSR count). The van der Waals surface area contributed by atoms with E-state index in [0.29, 0.717) is 10.1 Å². The first-order valence-corrected chi connectivity index (χ1v) is 19.8. The van der Waals surface area contributed by atoms with Crippen LogP contribution in [-0.2, 0) is 33.4 Å². The minimum Gasteiger partial charge on any atom is -0.484 e. The van der Waals surface area contributed by atoms with Crippen LogP contribution in [0.3, 0.4) is 0 Å². The number of esters is 1. The third-order valence-electron chi connectivity index (χ3n) is 6.61. The van der Waals surface area contributed by atoms with E-state index in [-0.39, 0.29) is 17.2 Å². The summed E-state index contributed by atoms with van der Waals surface area (Å²) in [5.74, 6) is -1.91. The fraction of sp³-hybridized carbons (Fsp3) is 0.226. The van der Waals surface area contributed by atoms with Gasteiger partial charge >= 0.3 is 5.97 Å². The van der Waals surface area contributed by atoms with Crippen molar-refractivity contribution in [3.8, 4) is 5.75 Å². The SMILES string of the molecule is Cc1ccc(S(=O)(=O)OCC=C(C(=O)OCC(Cl)(Cl)Cl)N2C(=O)C(NC(=O)COc3ccccc3)C2SSc2nc3ccccc3s2)cc1. The Kier molecular flexibility index (Phi) is 12.4. The number of β-lactam (4-membered cyclic amide) rings is 1. The summed E-state index contributed by atoms with van der Waals surface area (Å²) in [7, 11) is -1.87. The summed E-state index contributed by atoms with van der Waals surface area (Å²) in [5.41, 5.74) is 1.24. The van der Waals surface area contributed by atoms with Gasteiger partial charge in [-0.15, -0.1) is 11.3 Å². The number of fused-ring (bicyclic) bond motifs is 1. The van der Waals surface area contributed by atoms with E-state index in [1.165, 1.54) is 34.3 Å². The van der Waals surface area contributed by atoms with Crippen LogP contribution in [0.2, 0.25) is 0 Å². The maximum Gasteiger partial charge on any atom is 0.354 e. The summed E-state index contributed by atoms with van der Waals surface area (Å²) in [6, 6.07) is 21.0. The van der Waals surface area contributed by atoms with Crippen LogP contribution in [-0.4, -0.2) is 71.1 Å². The molecule has 0 bridgehead atoms. The van der Waals surface area contributed by atoms with Gasteiger partial charge < -0.3 is 14.8 Å². The Labute approximate surface area is 308 Å². The molecule has 258 valence electrons. The van der Waals surface area contributed by atoms with Gasteiger partial charge in [-0.3, -0.25) is 18.7 Å². The second-order valence-corrected chi connectivity index (χ2v) is 17.9. The molecule has 4 aromatic rings. The number of nitrogens with zero attached hydrogens (tertiary/aromatic N) is 2. The first-order chi connectivity index (χ1) is 23.3. The summed E-state index contributed by atoms with van der Waals surface area (Å²) in [4.78, 5) is 45.5. The van der Waals surface area contributed by atoms with Gasteiger partial charge in [-0.25, -0.2) is 9.78 Å². The predicted octanol–water partition coefficient (Wildman–Crippen LogP) is 6.28. The van der Waals surface area contributed by atoms with Gasteiger partial charge in [0.2, 0.25) is 3.79 Å². The van der Waals surface area contributed by atoms with Crippen molar-refractivity contribution in [2.24, 2.45) is 0 Å². The van der Waals surface area contributed by atoms with Crippen LogP contribution in [0, 0.1) is 6.92 Å². The Bertz CT molecular complexity index is 1920. The molecule has 1 aliphatic heterocycles. The van der Waals surface area contributed by atoms with Crippen molar-refractivity contribution < 1.29 is 36.5 Å². The molecule has 0 aliphatic carbocycles. The highest BCUT2D eigenvalue weighted by Gasteiger charge is 2.52. The van der Waals surface area contributed by atoms with Gasteiger partial charge in [0.05, 0.1) is 21.7 Å². The molecule has 1 fully saturated rings. The van der Waals surface area contributed by atoms with Gasteiger partial charge in [-0.2, -0.15) is 8.42 Å². The molecule has 0 saturated carbocycles. The number of rotatable bonds is 14. The van der Waals surface area contributed by atoms with Crippen LogP contribution in [0.5, 0.6) is 5.75 Å². The van der Waals surface area contributed by atoms with E-state index in [0.717, 1.165) is 37.5 Å². The van der Waals surface area contributed by atoms with Crippen molar-refractivity contribution in [1.29, 1.82) is 0 Å². The Morgan fingerprint density at radius 3 is 2.43 bits per heavy atom. The van der Waals surface area contributed by atoms with Crippen LogP contribution >= 0.6 is 67.7 Å². The first-order valence-electron chi connectivity index (χ1n) is 14.2. The number of hydrogen-bond donors (Lipinski definition) is 1. The number of halogens is 3. The molecule has 1 saturated heterocycles. The van der Waals surface area contributed by atoms with Crippen LogP contribution in [0.1, 0.15) is 5.56 Å². The summed E-state index contributed by atoms with van der Waals surface area (Å²) < 4.78 is 41.1. The molecule has 3 aromatic carbocycles. The van der Waals surface area contributed by atoms with E-state index in [1.807, 2.05) is 24.3 Å². The molecule has 0 spiro atoms. The summed E-state index contributed by atoms with van der Waals surface area (Å²) >= 11 is 18.8. The average Bonchev–Trinajstić information content (AvgIpc) is 3.49. The predicted molar refractivity (Wildman–Crippen MR) is 191 cm³/mol. The highest BCUT2D eigenvalue weighted by atomic mass is 35.6. The lowest BCUT2D eigenvalue weighted by Gasteiger charge is -2.46. The molecule has 1 aliphatic rings. The molecule has 2 amide bonds. The zero-order valence-electron chi connectivity index (χ0n) is 25.3. The number of carbonyl (C=O) groups is 3. The average molecular weight is 803 g/mol. The van der Waals surface area contributed by atoms with Crippen LogP contribution < -0.4 is 10.1 Å². The molecule has 1 N–H and O–H groups in total. The van der Waals surface area contributed by atoms with Crippen molar-refractivity contribution in [1.82, 2.24) is 15.2 Å². The molecule has 1 aromatic heterocycles. The second kappa shape index (κ2) is 16.3. The van der Waals surface area contributed by atoms with E-state index < -0.39 is 56.3 Å². The second-order valence-electron chi connectivity index (χ2n) is 10.2. The zero-order valence-corrected chi connectivity index (χ0v) is 30.8. The third-order valence-corrected chi connectivity index (χ3v) is 12.2. The number of alkyl halides is 3. The topological polar surface area (TPSA) is 141 Å². The molecular weight excluding hydrogens is 777 g/mol. The number of carbonyl (C=O) groups excluding carboxylic acids is 3. The van der Waals surface area contributed by atoms with Crippen LogP contribution in [0.25, 0.3) is 10.2 Å². The quantitative estimate of drug-likeness (QED) is 0.0385. The van der Waals surface area contributed by atoms with Crippen molar-refractivity contribution >= 4 is 106 Å². The number of nitrogens with one attached hydrogen (secondary N) is 1. The monoisotopic (exact) mass is 801 g/mol. The van der Waals surface area contributed by atoms with Crippen molar-refractivity contribution in [2.75, 3.05) is 19.8 Å². The Hall–Kier alpha value is -3.02. The van der Waals surface area contributed by atoms with Crippen molar-refractivity contribution in [2.45, 2.75) is 31.4 Å². The lowest BCUT2D eigenvalue weighted by molar-refractivity contribution is -0.152. The van der Waals surface area contributed by atoms with Gasteiger partial charge in [0.25, 0.3) is 21.9 Å². The molecule has 2 unspecified atom stereocenters. The number of hydrogen-bond acceptors (Lipinski definition) is 12. The smallest absolute Gasteiger partial charge is 0.354 e. The maximum atomic E-state index is 13.6. The molecule has 11 nitrogen and oxygen atoms in total. The first kappa shape index (κ1) is 37.2. The van der Waals surface area contributed by atoms with Crippen LogP contribution in [0.15, 0.2) is 99.9 Å². The summed E-state index contributed by atoms with van der Waals surface area (Å²) in [6.45, 7) is 0.0970. The van der Waals surface area contributed by atoms with E-state index in [2.05, 4.69) is 10.3 Å². The number of aryl methyl sites for hydroxylation is 1. The molecule has 2 atom stereocenters. The van der Waals surface area contributed by atoms with Gasteiger partial charge in [0.1, 0.15) is 29.5 Å². The van der Waals surface area contributed by atoms with Crippen molar-refractivity contribution in [3.05, 3.63) is 96.2 Å². The zero-order chi connectivity index (χ0) is 35.2. The summed E-state index contributed by atoms with van der Waals surface area (Å²) in [5, 5.41) is 1.76. The number of amides is 2. The minimum absolute atomic E-state index is 0.104. The fourth-order valence-corrected chi connectivity index (χ4v) is 9.23. The van der Waals surface area contributed by atoms with Gasteiger partial charge in [-0.1, -0.05) is 93.6 Å². The standard InChI is InChI=1S/C31H26Cl3N3O8S4/c1-19-11-13-21(14-12-19)49(41,42)45-16-15-23(29(40)44-18-31(32,33)34)37-27(39)26(36-25(38)17-43-20-7-3-2-4-8-20)28(37)47-48-30-35-22-9-5-6-10-24(22)46-30/h2-15,26,28H,16-18H2,1H3,(H,36,38). The Morgan fingerprint density at radius 2 is 1.73 bits per heavy atom.